The number of halogens is 2. The molecule has 1 aromatic heterocycles. The summed E-state index contributed by atoms with van der Waals surface area (Å²) in [6.45, 7) is 1.34. The fourth-order valence-corrected chi connectivity index (χ4v) is 1.73. The molecule has 13 heavy (non-hydrogen) atoms. The first-order valence-electron chi connectivity index (χ1n) is 4.22. The Kier molecular flexibility index (Phi) is 3.75. The first kappa shape index (κ1) is 10.5. The van der Waals surface area contributed by atoms with Crippen molar-refractivity contribution in [2.75, 3.05) is 19.8 Å². The van der Waals surface area contributed by atoms with Crippen LogP contribution in [-0.4, -0.2) is 19.8 Å². The van der Waals surface area contributed by atoms with Crippen molar-refractivity contribution in [1.82, 2.24) is 5.32 Å². The molecule has 0 aliphatic carbocycles. The summed E-state index contributed by atoms with van der Waals surface area (Å²) in [5.74, 6) is 1.23. The summed E-state index contributed by atoms with van der Waals surface area (Å²) in [7, 11) is 0. The molecule has 1 saturated heterocycles. The summed E-state index contributed by atoms with van der Waals surface area (Å²) in [6, 6.07) is 3.77. The second-order valence-electron chi connectivity index (χ2n) is 3.19. The largest absolute Gasteiger partial charge is 0.469 e. The number of nitrogens with one attached hydrogen (secondary N) is 1. The van der Waals surface area contributed by atoms with E-state index in [0.29, 0.717) is 0 Å². The predicted octanol–water partition coefficient (Wildman–Crippen LogP) is 1.97. The highest BCUT2D eigenvalue weighted by atomic mass is 35.5. The summed E-state index contributed by atoms with van der Waals surface area (Å²) in [5.41, 5.74) is 0. The Labute approximate surface area is 82.9 Å². The smallest absolute Gasteiger partial charge is 0.108 e. The highest BCUT2D eigenvalue weighted by molar-refractivity contribution is 5.85. The van der Waals surface area contributed by atoms with Crippen LogP contribution in [0.25, 0.3) is 0 Å². The SMILES string of the molecule is Cl.FCC1CNCC1c1ccco1. The van der Waals surface area contributed by atoms with Crippen LogP contribution < -0.4 is 5.32 Å². The lowest BCUT2D eigenvalue weighted by Crippen LogP contribution is -2.12. The molecule has 1 aliphatic heterocycles. The van der Waals surface area contributed by atoms with Crippen LogP contribution in [0.2, 0.25) is 0 Å². The summed E-state index contributed by atoms with van der Waals surface area (Å²) in [4.78, 5) is 0. The summed E-state index contributed by atoms with van der Waals surface area (Å²) in [6.07, 6.45) is 1.64. The monoisotopic (exact) mass is 205 g/mol. The van der Waals surface area contributed by atoms with Crippen LogP contribution in [0, 0.1) is 5.92 Å². The standard InChI is InChI=1S/C9H12FNO.ClH/c10-4-7-5-11-6-8(7)9-2-1-3-12-9;/h1-3,7-8,11H,4-6H2;1H. The molecule has 0 bridgehead atoms. The van der Waals surface area contributed by atoms with Gasteiger partial charge in [-0.1, -0.05) is 0 Å². The van der Waals surface area contributed by atoms with E-state index in [1.807, 2.05) is 12.1 Å². The first-order chi connectivity index (χ1) is 5.92. The van der Waals surface area contributed by atoms with Gasteiger partial charge in [-0.3, -0.25) is 4.39 Å². The molecule has 2 atom stereocenters. The maximum atomic E-state index is 12.5. The van der Waals surface area contributed by atoms with Crippen molar-refractivity contribution in [2.24, 2.45) is 5.92 Å². The molecule has 0 spiro atoms. The van der Waals surface area contributed by atoms with Gasteiger partial charge in [-0.25, -0.2) is 0 Å². The molecule has 2 nitrogen and oxygen atoms in total. The van der Waals surface area contributed by atoms with Gasteiger partial charge in [-0.05, 0) is 12.1 Å². The lowest BCUT2D eigenvalue weighted by atomic mass is 9.95. The van der Waals surface area contributed by atoms with E-state index >= 15 is 0 Å². The lowest BCUT2D eigenvalue weighted by Gasteiger charge is -2.11. The van der Waals surface area contributed by atoms with Gasteiger partial charge < -0.3 is 9.73 Å². The van der Waals surface area contributed by atoms with Gasteiger partial charge in [0.2, 0.25) is 0 Å². The molecule has 2 heterocycles. The molecule has 0 radical (unpaired) electrons. The van der Waals surface area contributed by atoms with Gasteiger partial charge in [0.15, 0.2) is 0 Å². The maximum absolute atomic E-state index is 12.5. The van der Waals surface area contributed by atoms with Crippen LogP contribution in [0.15, 0.2) is 22.8 Å². The van der Waals surface area contributed by atoms with Crippen molar-refractivity contribution in [3.05, 3.63) is 24.2 Å². The Balaban J connectivity index is 0.000000845. The van der Waals surface area contributed by atoms with E-state index in [9.17, 15) is 4.39 Å². The van der Waals surface area contributed by atoms with Gasteiger partial charge in [0.1, 0.15) is 5.76 Å². The molecule has 74 valence electrons. The maximum Gasteiger partial charge on any atom is 0.108 e. The van der Waals surface area contributed by atoms with Crippen LogP contribution in [0.4, 0.5) is 4.39 Å². The van der Waals surface area contributed by atoms with E-state index in [1.165, 1.54) is 0 Å². The van der Waals surface area contributed by atoms with Gasteiger partial charge in [-0.2, -0.15) is 0 Å². The minimum atomic E-state index is -0.266. The predicted molar refractivity (Wildman–Crippen MR) is 51.0 cm³/mol. The second-order valence-corrected chi connectivity index (χ2v) is 3.19. The van der Waals surface area contributed by atoms with Gasteiger partial charge >= 0.3 is 0 Å². The van der Waals surface area contributed by atoms with Gasteiger partial charge in [0.25, 0.3) is 0 Å². The average Bonchev–Trinajstić information content (AvgIpc) is 2.74. The Morgan fingerprint density at radius 2 is 2.38 bits per heavy atom. The second kappa shape index (κ2) is 4.63. The zero-order chi connectivity index (χ0) is 8.39. The molecule has 1 fully saturated rings. The molecule has 0 aromatic carbocycles. The van der Waals surface area contributed by atoms with Crippen molar-refractivity contribution in [3.8, 4) is 0 Å². The van der Waals surface area contributed by atoms with E-state index < -0.39 is 0 Å². The van der Waals surface area contributed by atoms with Gasteiger partial charge in [-0.15, -0.1) is 12.4 Å². The number of alkyl halides is 1. The zero-order valence-electron chi connectivity index (χ0n) is 7.20. The molecule has 0 saturated carbocycles. The highest BCUT2D eigenvalue weighted by Gasteiger charge is 2.29. The molecule has 1 aromatic rings. The van der Waals surface area contributed by atoms with Gasteiger partial charge in [0, 0.05) is 24.9 Å². The highest BCUT2D eigenvalue weighted by Crippen LogP contribution is 2.28. The van der Waals surface area contributed by atoms with Crippen LogP contribution >= 0.6 is 12.4 Å². The Morgan fingerprint density at radius 1 is 1.54 bits per heavy atom. The Bertz CT molecular complexity index is 240. The van der Waals surface area contributed by atoms with Crippen molar-refractivity contribution < 1.29 is 8.81 Å². The minimum absolute atomic E-state index is 0. The third-order valence-electron chi connectivity index (χ3n) is 2.45. The van der Waals surface area contributed by atoms with Crippen molar-refractivity contribution in [3.63, 3.8) is 0 Å². The van der Waals surface area contributed by atoms with E-state index in [-0.39, 0.29) is 30.9 Å². The molecule has 0 amide bonds. The number of furan rings is 1. The topological polar surface area (TPSA) is 25.2 Å². The lowest BCUT2D eigenvalue weighted by molar-refractivity contribution is 0.331. The molecule has 2 unspecified atom stereocenters. The fourth-order valence-electron chi connectivity index (χ4n) is 1.73. The van der Waals surface area contributed by atoms with Crippen LogP contribution in [-0.2, 0) is 0 Å². The quantitative estimate of drug-likeness (QED) is 0.799. The average molecular weight is 206 g/mol. The third kappa shape index (κ3) is 2.03. The number of hydrogen-bond donors (Lipinski definition) is 1. The molecule has 4 heteroatoms. The Hall–Kier alpha value is -0.540. The molecule has 2 rings (SSSR count). The molecule has 1 N–H and O–H groups in total. The molecular weight excluding hydrogens is 193 g/mol. The fraction of sp³-hybridized carbons (Fsp3) is 0.556. The summed E-state index contributed by atoms with van der Waals surface area (Å²) < 4.78 is 17.7. The summed E-state index contributed by atoms with van der Waals surface area (Å²) >= 11 is 0. The van der Waals surface area contributed by atoms with Crippen LogP contribution in [0.3, 0.4) is 0 Å². The number of rotatable bonds is 2. The first-order valence-corrected chi connectivity index (χ1v) is 4.22. The van der Waals surface area contributed by atoms with Crippen LogP contribution in [0.5, 0.6) is 0 Å². The Morgan fingerprint density at radius 3 is 3.00 bits per heavy atom. The normalized spacial score (nSPS) is 27.2. The van der Waals surface area contributed by atoms with E-state index in [0.717, 1.165) is 18.8 Å². The van der Waals surface area contributed by atoms with Crippen molar-refractivity contribution in [1.29, 1.82) is 0 Å². The van der Waals surface area contributed by atoms with E-state index in [2.05, 4.69) is 5.32 Å². The van der Waals surface area contributed by atoms with E-state index in [4.69, 9.17) is 4.42 Å². The number of hydrogen-bond acceptors (Lipinski definition) is 2. The third-order valence-corrected chi connectivity index (χ3v) is 2.45. The minimum Gasteiger partial charge on any atom is -0.469 e. The molecular formula is C9H13ClFNO. The molecule has 1 aliphatic rings. The van der Waals surface area contributed by atoms with Crippen molar-refractivity contribution >= 4 is 12.4 Å². The van der Waals surface area contributed by atoms with Gasteiger partial charge in [0.05, 0.1) is 12.9 Å². The van der Waals surface area contributed by atoms with E-state index in [1.54, 1.807) is 6.26 Å². The summed E-state index contributed by atoms with van der Waals surface area (Å²) in [5, 5.41) is 3.16. The van der Waals surface area contributed by atoms with Crippen molar-refractivity contribution in [2.45, 2.75) is 5.92 Å². The zero-order valence-corrected chi connectivity index (χ0v) is 8.02. The van der Waals surface area contributed by atoms with Crippen LogP contribution in [0.1, 0.15) is 11.7 Å².